The van der Waals surface area contributed by atoms with Crippen LogP contribution in [0.1, 0.15) is 11.4 Å². The number of anilines is 2. The van der Waals surface area contributed by atoms with Crippen LogP contribution in [0.3, 0.4) is 0 Å². The molecule has 0 atom stereocenters. The zero-order valence-corrected chi connectivity index (χ0v) is 9.92. The van der Waals surface area contributed by atoms with E-state index in [4.69, 9.17) is 11.6 Å². The van der Waals surface area contributed by atoms with Gasteiger partial charge in [0.15, 0.2) is 0 Å². The topological polar surface area (TPSA) is 37.8 Å². The molecule has 1 heterocycles. The van der Waals surface area contributed by atoms with E-state index in [2.05, 4.69) is 15.3 Å². The van der Waals surface area contributed by atoms with Gasteiger partial charge in [0.05, 0.1) is 0 Å². The molecule has 0 saturated carbocycles. The van der Waals surface area contributed by atoms with Crippen LogP contribution in [0.25, 0.3) is 0 Å². The third-order valence-corrected chi connectivity index (χ3v) is 2.41. The van der Waals surface area contributed by atoms with Crippen molar-refractivity contribution in [1.82, 2.24) is 9.97 Å². The van der Waals surface area contributed by atoms with Crippen molar-refractivity contribution in [2.24, 2.45) is 0 Å². The highest BCUT2D eigenvalue weighted by Crippen LogP contribution is 2.20. The summed E-state index contributed by atoms with van der Waals surface area (Å²) in [5.41, 5.74) is 2.19. The Morgan fingerprint density at radius 3 is 2.56 bits per heavy atom. The summed E-state index contributed by atoms with van der Waals surface area (Å²) in [7, 11) is 0. The number of hydrogen-bond acceptors (Lipinski definition) is 3. The van der Waals surface area contributed by atoms with Gasteiger partial charge in [-0.3, -0.25) is 0 Å². The summed E-state index contributed by atoms with van der Waals surface area (Å²) < 4.78 is 0. The second-order valence-electron chi connectivity index (χ2n) is 3.56. The molecule has 16 heavy (non-hydrogen) atoms. The van der Waals surface area contributed by atoms with Crippen molar-refractivity contribution < 1.29 is 0 Å². The molecule has 0 radical (unpaired) electrons. The van der Waals surface area contributed by atoms with Crippen molar-refractivity contribution in [2.45, 2.75) is 13.8 Å². The first kappa shape index (κ1) is 10.9. The Bertz CT molecular complexity index is 491. The molecule has 0 amide bonds. The molecular weight excluding hydrogens is 222 g/mol. The lowest BCUT2D eigenvalue weighted by atomic mass is 10.2. The van der Waals surface area contributed by atoms with Crippen molar-refractivity contribution in [2.75, 3.05) is 5.32 Å². The predicted octanol–water partition coefficient (Wildman–Crippen LogP) is 3.49. The van der Waals surface area contributed by atoms with Crippen molar-refractivity contribution >= 4 is 23.1 Å². The summed E-state index contributed by atoms with van der Waals surface area (Å²) in [4.78, 5) is 8.28. The van der Waals surface area contributed by atoms with E-state index in [0.29, 0.717) is 16.8 Å². The minimum absolute atomic E-state index is 0.448. The fourth-order valence-corrected chi connectivity index (χ4v) is 1.67. The quantitative estimate of drug-likeness (QED) is 0.807. The van der Waals surface area contributed by atoms with E-state index in [-0.39, 0.29) is 0 Å². The number of aryl methyl sites for hydroxylation is 2. The van der Waals surface area contributed by atoms with E-state index in [9.17, 15) is 0 Å². The van der Waals surface area contributed by atoms with E-state index in [1.165, 1.54) is 0 Å². The lowest BCUT2D eigenvalue weighted by Gasteiger charge is -2.08. The number of rotatable bonds is 2. The molecule has 2 rings (SSSR count). The van der Waals surface area contributed by atoms with E-state index >= 15 is 0 Å². The summed E-state index contributed by atoms with van der Waals surface area (Å²) >= 11 is 5.87. The molecule has 0 spiro atoms. The second-order valence-corrected chi connectivity index (χ2v) is 3.95. The monoisotopic (exact) mass is 233 g/mol. The van der Waals surface area contributed by atoms with Crippen molar-refractivity contribution in [3.05, 3.63) is 46.9 Å². The Morgan fingerprint density at radius 2 is 1.88 bits per heavy atom. The van der Waals surface area contributed by atoms with Crippen LogP contribution in [0.5, 0.6) is 0 Å². The largest absolute Gasteiger partial charge is 0.340 e. The Balaban J connectivity index is 2.30. The fraction of sp³-hybridized carbons (Fsp3) is 0.167. The molecule has 0 fully saturated rings. The highest BCUT2D eigenvalue weighted by molar-refractivity contribution is 6.29. The molecule has 3 nitrogen and oxygen atoms in total. The smallest absolute Gasteiger partial charge is 0.135 e. The minimum Gasteiger partial charge on any atom is -0.340 e. The van der Waals surface area contributed by atoms with Gasteiger partial charge >= 0.3 is 0 Å². The fourth-order valence-electron chi connectivity index (χ4n) is 1.45. The van der Waals surface area contributed by atoms with Crippen molar-refractivity contribution in [3.63, 3.8) is 0 Å². The molecule has 1 aromatic carbocycles. The normalized spacial score (nSPS) is 10.2. The zero-order chi connectivity index (χ0) is 11.5. The first-order chi connectivity index (χ1) is 7.65. The molecule has 0 aliphatic carbocycles. The van der Waals surface area contributed by atoms with Gasteiger partial charge in [-0.2, -0.15) is 0 Å². The van der Waals surface area contributed by atoms with Crippen LogP contribution < -0.4 is 5.32 Å². The van der Waals surface area contributed by atoms with Crippen molar-refractivity contribution in [3.8, 4) is 0 Å². The molecule has 2 aromatic rings. The van der Waals surface area contributed by atoms with Gasteiger partial charge in [0.2, 0.25) is 0 Å². The molecule has 1 N–H and O–H groups in total. The lowest BCUT2D eigenvalue weighted by molar-refractivity contribution is 1.06. The lowest BCUT2D eigenvalue weighted by Crippen LogP contribution is -1.98. The SMILES string of the molecule is Cc1nc(Cl)cc(Nc2ccccc2C)n1. The first-order valence-electron chi connectivity index (χ1n) is 4.99. The van der Waals surface area contributed by atoms with Crippen molar-refractivity contribution in [1.29, 1.82) is 0 Å². The molecule has 0 saturated heterocycles. The molecular formula is C12H12ClN3. The molecule has 4 heteroatoms. The minimum atomic E-state index is 0.448. The summed E-state index contributed by atoms with van der Waals surface area (Å²) in [6.07, 6.45) is 0. The number of para-hydroxylation sites is 1. The first-order valence-corrected chi connectivity index (χ1v) is 5.37. The van der Waals surface area contributed by atoms with E-state index < -0.39 is 0 Å². The molecule has 1 aromatic heterocycles. The Labute approximate surface area is 99.5 Å². The van der Waals surface area contributed by atoms with Crippen LogP contribution in [0.15, 0.2) is 30.3 Å². The van der Waals surface area contributed by atoms with Gasteiger partial charge < -0.3 is 5.32 Å². The molecule has 0 aliphatic rings. The van der Waals surface area contributed by atoms with Gasteiger partial charge in [-0.05, 0) is 25.5 Å². The summed E-state index contributed by atoms with van der Waals surface area (Å²) in [6, 6.07) is 9.73. The molecule has 0 aliphatic heterocycles. The van der Waals surface area contributed by atoms with E-state index in [0.717, 1.165) is 11.3 Å². The predicted molar refractivity (Wildman–Crippen MR) is 66.2 cm³/mol. The average Bonchev–Trinajstić information content (AvgIpc) is 2.20. The van der Waals surface area contributed by atoms with Crippen LogP contribution >= 0.6 is 11.6 Å². The highest BCUT2D eigenvalue weighted by Gasteiger charge is 2.01. The van der Waals surface area contributed by atoms with Crippen LogP contribution in [0.4, 0.5) is 11.5 Å². The number of aromatic nitrogens is 2. The Kier molecular flexibility index (Phi) is 3.06. The number of hydrogen-bond donors (Lipinski definition) is 1. The number of benzene rings is 1. The second kappa shape index (κ2) is 4.49. The standard InChI is InChI=1S/C12H12ClN3/c1-8-5-3-4-6-10(8)16-12-7-11(13)14-9(2)15-12/h3-7H,1-2H3,(H,14,15,16). The Hall–Kier alpha value is -1.61. The van der Waals surface area contributed by atoms with Gasteiger partial charge in [0, 0.05) is 11.8 Å². The molecule has 82 valence electrons. The third kappa shape index (κ3) is 2.49. The van der Waals surface area contributed by atoms with Gasteiger partial charge in [-0.15, -0.1) is 0 Å². The summed E-state index contributed by atoms with van der Waals surface area (Å²) in [5.74, 6) is 1.37. The van der Waals surface area contributed by atoms with Gasteiger partial charge in [0.1, 0.15) is 16.8 Å². The number of nitrogens with zero attached hydrogens (tertiary/aromatic N) is 2. The van der Waals surface area contributed by atoms with E-state index in [1.54, 1.807) is 6.07 Å². The zero-order valence-electron chi connectivity index (χ0n) is 9.16. The Morgan fingerprint density at radius 1 is 1.12 bits per heavy atom. The summed E-state index contributed by atoms with van der Waals surface area (Å²) in [5, 5.41) is 3.67. The van der Waals surface area contributed by atoms with Gasteiger partial charge in [0.25, 0.3) is 0 Å². The maximum atomic E-state index is 5.87. The highest BCUT2D eigenvalue weighted by atomic mass is 35.5. The van der Waals surface area contributed by atoms with Gasteiger partial charge in [-0.25, -0.2) is 9.97 Å². The van der Waals surface area contributed by atoms with Gasteiger partial charge in [-0.1, -0.05) is 29.8 Å². The molecule has 0 bridgehead atoms. The van der Waals surface area contributed by atoms with Crippen LogP contribution in [-0.4, -0.2) is 9.97 Å². The van der Waals surface area contributed by atoms with E-state index in [1.807, 2.05) is 38.1 Å². The van der Waals surface area contributed by atoms with Crippen LogP contribution in [0, 0.1) is 13.8 Å². The third-order valence-electron chi connectivity index (χ3n) is 2.21. The maximum Gasteiger partial charge on any atom is 0.135 e. The molecule has 0 unspecified atom stereocenters. The number of halogens is 1. The van der Waals surface area contributed by atoms with Crippen LogP contribution in [-0.2, 0) is 0 Å². The summed E-state index contributed by atoms with van der Waals surface area (Å²) in [6.45, 7) is 3.85. The average molecular weight is 234 g/mol. The maximum absolute atomic E-state index is 5.87. The van der Waals surface area contributed by atoms with Crippen LogP contribution in [0.2, 0.25) is 5.15 Å². The number of nitrogens with one attached hydrogen (secondary N) is 1.